The number of piperidine rings is 1. The highest BCUT2D eigenvalue weighted by molar-refractivity contribution is 6.32. The van der Waals surface area contributed by atoms with Gasteiger partial charge in [-0.05, 0) is 37.5 Å². The lowest BCUT2D eigenvalue weighted by Crippen LogP contribution is -2.47. The summed E-state index contributed by atoms with van der Waals surface area (Å²) in [5.74, 6) is 0.445. The molecule has 2 aromatic rings. The van der Waals surface area contributed by atoms with E-state index >= 15 is 0 Å². The van der Waals surface area contributed by atoms with Crippen LogP contribution in [0.4, 0.5) is 0 Å². The van der Waals surface area contributed by atoms with Crippen LogP contribution in [0.3, 0.4) is 0 Å². The molecule has 0 saturated carbocycles. The van der Waals surface area contributed by atoms with Crippen LogP contribution in [0.25, 0.3) is 0 Å². The normalized spacial score (nSPS) is 16.8. The van der Waals surface area contributed by atoms with Crippen molar-refractivity contribution in [1.29, 1.82) is 0 Å². The van der Waals surface area contributed by atoms with Gasteiger partial charge >= 0.3 is 0 Å². The minimum Gasteiger partial charge on any atom is -0.479 e. The van der Waals surface area contributed by atoms with Crippen LogP contribution in [-0.4, -0.2) is 36.0 Å². The van der Waals surface area contributed by atoms with Crippen molar-refractivity contribution in [2.24, 2.45) is 0 Å². The Kier molecular flexibility index (Phi) is 6.53. The molecule has 3 rings (SSSR count). The lowest BCUT2D eigenvalue weighted by molar-refractivity contribution is -0.128. The van der Waals surface area contributed by atoms with Crippen LogP contribution in [0.1, 0.15) is 25.3 Å². The fourth-order valence-corrected chi connectivity index (χ4v) is 3.36. The Labute approximate surface area is 160 Å². The number of halogens is 1. The van der Waals surface area contributed by atoms with E-state index in [2.05, 4.69) is 34.5 Å². The molecule has 4 nitrogen and oxygen atoms in total. The number of hydrogen-bond donors (Lipinski definition) is 1. The maximum Gasteiger partial charge on any atom is 0.260 e. The van der Waals surface area contributed by atoms with Gasteiger partial charge in [-0.15, -0.1) is 0 Å². The number of carbonyl (C=O) groups is 1. The molecule has 0 bridgehead atoms. The standard InChI is InChI=1S/C21H25ClN2O2/c1-16(26-20-10-6-5-9-19(20)22)21(25)23-18-11-13-24(14-12-18)15-17-7-3-2-4-8-17/h2-10,16,18H,11-15H2,1H3,(H,23,25)/t16-/m1/s1. The van der Waals surface area contributed by atoms with Crippen molar-refractivity contribution in [2.45, 2.75) is 38.5 Å². The van der Waals surface area contributed by atoms with E-state index in [-0.39, 0.29) is 11.9 Å². The summed E-state index contributed by atoms with van der Waals surface area (Å²) in [6.07, 6.45) is 1.34. The summed E-state index contributed by atoms with van der Waals surface area (Å²) >= 11 is 6.09. The number of nitrogens with one attached hydrogen (secondary N) is 1. The number of carbonyl (C=O) groups excluding carboxylic acids is 1. The molecule has 0 unspecified atom stereocenters. The molecule has 1 saturated heterocycles. The van der Waals surface area contributed by atoms with Crippen molar-refractivity contribution in [2.75, 3.05) is 13.1 Å². The molecule has 138 valence electrons. The molecular weight excluding hydrogens is 348 g/mol. The Morgan fingerprint density at radius 2 is 1.81 bits per heavy atom. The molecule has 1 aliphatic heterocycles. The van der Waals surface area contributed by atoms with E-state index in [1.165, 1.54) is 5.56 Å². The molecule has 0 aliphatic carbocycles. The predicted molar refractivity (Wildman–Crippen MR) is 104 cm³/mol. The van der Waals surface area contributed by atoms with Crippen LogP contribution in [0, 0.1) is 0 Å². The van der Waals surface area contributed by atoms with E-state index in [1.54, 1.807) is 19.1 Å². The molecule has 0 radical (unpaired) electrons. The van der Waals surface area contributed by atoms with Gasteiger partial charge in [0.05, 0.1) is 5.02 Å². The molecule has 0 spiro atoms. The molecule has 5 heteroatoms. The van der Waals surface area contributed by atoms with E-state index in [9.17, 15) is 4.79 Å². The second kappa shape index (κ2) is 9.06. The fourth-order valence-electron chi connectivity index (χ4n) is 3.18. The summed E-state index contributed by atoms with van der Waals surface area (Å²) in [6, 6.07) is 17.9. The topological polar surface area (TPSA) is 41.6 Å². The lowest BCUT2D eigenvalue weighted by Gasteiger charge is -2.32. The van der Waals surface area contributed by atoms with Gasteiger partial charge < -0.3 is 10.1 Å². The molecular formula is C21H25ClN2O2. The average molecular weight is 373 g/mol. The van der Waals surface area contributed by atoms with Crippen LogP contribution in [-0.2, 0) is 11.3 Å². The molecule has 2 aromatic carbocycles. The Bertz CT molecular complexity index is 715. The summed E-state index contributed by atoms with van der Waals surface area (Å²) in [5, 5.41) is 3.62. The first-order chi connectivity index (χ1) is 12.6. The van der Waals surface area contributed by atoms with Gasteiger partial charge in [-0.2, -0.15) is 0 Å². The van der Waals surface area contributed by atoms with Crippen molar-refractivity contribution in [3.8, 4) is 5.75 Å². The van der Waals surface area contributed by atoms with Gasteiger partial charge in [0.1, 0.15) is 5.75 Å². The number of nitrogens with zero attached hydrogens (tertiary/aromatic N) is 1. The monoisotopic (exact) mass is 372 g/mol. The Morgan fingerprint density at radius 1 is 1.15 bits per heavy atom. The largest absolute Gasteiger partial charge is 0.479 e. The van der Waals surface area contributed by atoms with E-state index in [0.717, 1.165) is 32.5 Å². The highest BCUT2D eigenvalue weighted by Gasteiger charge is 2.23. The first-order valence-corrected chi connectivity index (χ1v) is 9.47. The minimum absolute atomic E-state index is 0.0913. The van der Waals surface area contributed by atoms with E-state index in [4.69, 9.17) is 16.3 Å². The Balaban J connectivity index is 1.43. The minimum atomic E-state index is -0.572. The summed E-state index contributed by atoms with van der Waals surface area (Å²) in [5.41, 5.74) is 1.33. The van der Waals surface area contributed by atoms with E-state index < -0.39 is 6.10 Å². The third kappa shape index (κ3) is 5.23. The number of rotatable bonds is 6. The van der Waals surface area contributed by atoms with Crippen LogP contribution in [0.2, 0.25) is 5.02 Å². The number of benzene rings is 2. The third-order valence-electron chi connectivity index (χ3n) is 4.69. The van der Waals surface area contributed by atoms with Gasteiger partial charge in [-0.3, -0.25) is 9.69 Å². The number of likely N-dealkylation sites (tertiary alicyclic amines) is 1. The number of ether oxygens (including phenoxy) is 1. The first kappa shape index (κ1) is 18.7. The smallest absolute Gasteiger partial charge is 0.260 e. The molecule has 0 aromatic heterocycles. The first-order valence-electron chi connectivity index (χ1n) is 9.09. The van der Waals surface area contributed by atoms with Crippen LogP contribution < -0.4 is 10.1 Å². The van der Waals surface area contributed by atoms with Crippen molar-refractivity contribution >= 4 is 17.5 Å². The molecule has 1 heterocycles. The predicted octanol–water partition coefficient (Wildman–Crippen LogP) is 3.89. The zero-order valence-corrected chi connectivity index (χ0v) is 15.8. The van der Waals surface area contributed by atoms with Crippen LogP contribution in [0.5, 0.6) is 5.75 Å². The number of para-hydroxylation sites is 1. The zero-order chi connectivity index (χ0) is 18.4. The maximum absolute atomic E-state index is 12.4. The van der Waals surface area contributed by atoms with Gasteiger partial charge in [-0.1, -0.05) is 54.1 Å². The highest BCUT2D eigenvalue weighted by atomic mass is 35.5. The zero-order valence-electron chi connectivity index (χ0n) is 15.0. The highest BCUT2D eigenvalue weighted by Crippen LogP contribution is 2.24. The van der Waals surface area contributed by atoms with Crippen LogP contribution >= 0.6 is 11.6 Å². The summed E-state index contributed by atoms with van der Waals surface area (Å²) in [7, 11) is 0. The van der Waals surface area contributed by atoms with Crippen molar-refractivity contribution in [3.05, 3.63) is 65.2 Å². The molecule has 1 fully saturated rings. The molecule has 1 atom stereocenters. The maximum atomic E-state index is 12.4. The number of hydrogen-bond acceptors (Lipinski definition) is 3. The van der Waals surface area contributed by atoms with Crippen molar-refractivity contribution < 1.29 is 9.53 Å². The van der Waals surface area contributed by atoms with E-state index in [0.29, 0.717) is 10.8 Å². The number of amides is 1. The lowest BCUT2D eigenvalue weighted by atomic mass is 10.0. The summed E-state index contributed by atoms with van der Waals surface area (Å²) in [6.45, 7) is 4.69. The van der Waals surface area contributed by atoms with Crippen LogP contribution in [0.15, 0.2) is 54.6 Å². The summed E-state index contributed by atoms with van der Waals surface area (Å²) < 4.78 is 5.69. The van der Waals surface area contributed by atoms with Crippen molar-refractivity contribution in [1.82, 2.24) is 10.2 Å². The molecule has 1 amide bonds. The Hall–Kier alpha value is -2.04. The van der Waals surface area contributed by atoms with Gasteiger partial charge in [-0.25, -0.2) is 0 Å². The second-order valence-corrected chi connectivity index (χ2v) is 7.14. The quantitative estimate of drug-likeness (QED) is 0.836. The van der Waals surface area contributed by atoms with Gasteiger partial charge in [0, 0.05) is 25.7 Å². The summed E-state index contributed by atoms with van der Waals surface area (Å²) in [4.78, 5) is 14.8. The van der Waals surface area contributed by atoms with Gasteiger partial charge in [0.2, 0.25) is 0 Å². The van der Waals surface area contributed by atoms with Gasteiger partial charge in [0.15, 0.2) is 6.10 Å². The fraction of sp³-hybridized carbons (Fsp3) is 0.381. The van der Waals surface area contributed by atoms with Gasteiger partial charge in [0.25, 0.3) is 5.91 Å². The molecule has 1 N–H and O–H groups in total. The molecule has 1 aliphatic rings. The third-order valence-corrected chi connectivity index (χ3v) is 5.00. The van der Waals surface area contributed by atoms with Crippen molar-refractivity contribution in [3.63, 3.8) is 0 Å². The SMILES string of the molecule is C[C@@H](Oc1ccccc1Cl)C(=O)NC1CCN(Cc2ccccc2)CC1. The average Bonchev–Trinajstić information content (AvgIpc) is 2.66. The molecule has 26 heavy (non-hydrogen) atoms. The van der Waals surface area contributed by atoms with E-state index in [1.807, 2.05) is 18.2 Å². The second-order valence-electron chi connectivity index (χ2n) is 6.74. The Morgan fingerprint density at radius 3 is 2.50 bits per heavy atom.